The van der Waals surface area contributed by atoms with Crippen LogP contribution in [0.1, 0.15) is 29.9 Å². The number of aliphatic carboxylic acids is 1. The highest BCUT2D eigenvalue weighted by molar-refractivity contribution is 6.34. The zero-order valence-electron chi connectivity index (χ0n) is 18.5. The lowest BCUT2D eigenvalue weighted by Gasteiger charge is -2.36. The molecule has 8 nitrogen and oxygen atoms in total. The number of halogens is 2. The second-order valence-corrected chi connectivity index (χ2v) is 9.20. The largest absolute Gasteiger partial charge is 0.489 e. The third kappa shape index (κ3) is 5.52. The van der Waals surface area contributed by atoms with Gasteiger partial charge in [0.15, 0.2) is 11.5 Å². The molecule has 2 aromatic carbocycles. The number of hydrogen-bond acceptors (Lipinski definition) is 6. The van der Waals surface area contributed by atoms with E-state index in [0.717, 1.165) is 5.56 Å². The van der Waals surface area contributed by atoms with Crippen molar-refractivity contribution in [2.45, 2.75) is 26.5 Å². The molecule has 34 heavy (non-hydrogen) atoms. The highest BCUT2D eigenvalue weighted by Gasteiger charge is 2.32. The molecule has 0 atom stereocenters. The molecule has 0 bridgehead atoms. The standard InChI is InChI=1S/C24H23Cl2N3O5/c1-13(2)33-21-6-4-15(8-18(21)26)22-9-20(28-34-22)23(30)27-19-5-3-14(7-17(19)25)10-29-11-16(12-29)24(31)32/h3-9,13,16H,10-12H2,1-2H3,(H,27,30)(H,31,32). The molecule has 0 radical (unpaired) electrons. The Morgan fingerprint density at radius 1 is 1.18 bits per heavy atom. The van der Waals surface area contributed by atoms with Gasteiger partial charge in [0.25, 0.3) is 5.91 Å². The van der Waals surface area contributed by atoms with Crippen LogP contribution in [-0.2, 0) is 11.3 Å². The fraction of sp³-hybridized carbons (Fsp3) is 0.292. The molecule has 1 amide bonds. The van der Waals surface area contributed by atoms with Crippen LogP contribution in [0.5, 0.6) is 5.75 Å². The molecule has 1 aliphatic heterocycles. The van der Waals surface area contributed by atoms with Gasteiger partial charge in [-0.15, -0.1) is 0 Å². The number of aromatic nitrogens is 1. The maximum atomic E-state index is 12.7. The number of carbonyl (C=O) groups excluding carboxylic acids is 1. The number of hydrogen-bond donors (Lipinski definition) is 2. The van der Waals surface area contributed by atoms with Crippen LogP contribution < -0.4 is 10.1 Å². The number of likely N-dealkylation sites (tertiary alicyclic amines) is 1. The molecular formula is C24H23Cl2N3O5. The van der Waals surface area contributed by atoms with Crippen molar-refractivity contribution in [2.75, 3.05) is 18.4 Å². The lowest BCUT2D eigenvalue weighted by molar-refractivity contribution is -0.147. The van der Waals surface area contributed by atoms with Crippen LogP contribution in [0.4, 0.5) is 5.69 Å². The summed E-state index contributed by atoms with van der Waals surface area (Å²) in [4.78, 5) is 25.6. The molecule has 10 heteroatoms. The molecule has 0 aliphatic carbocycles. The van der Waals surface area contributed by atoms with Crippen LogP contribution in [-0.4, -0.2) is 46.2 Å². The van der Waals surface area contributed by atoms with Crippen molar-refractivity contribution >= 4 is 40.8 Å². The zero-order valence-corrected chi connectivity index (χ0v) is 20.1. The maximum absolute atomic E-state index is 12.7. The number of ether oxygens (including phenoxy) is 1. The number of carboxylic acids is 1. The van der Waals surface area contributed by atoms with Crippen molar-refractivity contribution in [3.63, 3.8) is 0 Å². The summed E-state index contributed by atoms with van der Waals surface area (Å²) in [5.41, 5.74) is 2.11. The van der Waals surface area contributed by atoms with E-state index in [-0.39, 0.29) is 17.7 Å². The molecule has 0 saturated carbocycles. The molecule has 178 valence electrons. The second-order valence-electron chi connectivity index (χ2n) is 8.39. The number of rotatable bonds is 8. The first-order valence-corrected chi connectivity index (χ1v) is 11.4. The maximum Gasteiger partial charge on any atom is 0.309 e. The summed E-state index contributed by atoms with van der Waals surface area (Å²) in [6.45, 7) is 5.44. The molecular weight excluding hydrogens is 481 g/mol. The van der Waals surface area contributed by atoms with E-state index in [2.05, 4.69) is 10.5 Å². The van der Waals surface area contributed by atoms with Gasteiger partial charge in [-0.1, -0.05) is 34.4 Å². The van der Waals surface area contributed by atoms with Crippen LogP contribution in [0, 0.1) is 5.92 Å². The van der Waals surface area contributed by atoms with E-state index >= 15 is 0 Å². The Morgan fingerprint density at radius 2 is 1.94 bits per heavy atom. The number of nitrogens with one attached hydrogen (secondary N) is 1. The summed E-state index contributed by atoms with van der Waals surface area (Å²) in [5.74, 6) is -0.611. The minimum Gasteiger partial charge on any atom is -0.489 e. The Labute approximate surface area is 206 Å². The van der Waals surface area contributed by atoms with Gasteiger partial charge in [0.05, 0.1) is 27.8 Å². The number of carbonyl (C=O) groups is 2. The number of carboxylic acid groups (broad SMARTS) is 1. The first-order chi connectivity index (χ1) is 16.2. The molecule has 1 aromatic heterocycles. The Balaban J connectivity index is 1.39. The summed E-state index contributed by atoms with van der Waals surface area (Å²) in [5, 5.41) is 16.4. The van der Waals surface area contributed by atoms with Gasteiger partial charge in [0.2, 0.25) is 0 Å². The summed E-state index contributed by atoms with van der Waals surface area (Å²) in [6.07, 6.45) is -0.00942. The Hall–Kier alpha value is -3.07. The molecule has 1 aliphatic rings. The van der Waals surface area contributed by atoms with Crippen molar-refractivity contribution in [1.82, 2.24) is 10.1 Å². The third-order valence-electron chi connectivity index (χ3n) is 5.32. The molecule has 3 aromatic rings. The summed E-state index contributed by atoms with van der Waals surface area (Å²) < 4.78 is 11.0. The monoisotopic (exact) mass is 503 g/mol. The van der Waals surface area contributed by atoms with E-state index in [9.17, 15) is 9.59 Å². The number of nitrogens with zero attached hydrogens (tertiary/aromatic N) is 2. The van der Waals surface area contributed by atoms with Gasteiger partial charge in [-0.3, -0.25) is 14.5 Å². The SMILES string of the molecule is CC(C)Oc1ccc(-c2cc(C(=O)Nc3ccc(CN4CC(C(=O)O)C4)cc3Cl)no2)cc1Cl. The lowest BCUT2D eigenvalue weighted by Crippen LogP contribution is -2.49. The minimum absolute atomic E-state index is 0.00942. The van der Waals surface area contributed by atoms with Crippen LogP contribution in [0.2, 0.25) is 10.0 Å². The van der Waals surface area contributed by atoms with Crippen molar-refractivity contribution in [2.24, 2.45) is 5.92 Å². The van der Waals surface area contributed by atoms with Crippen molar-refractivity contribution in [3.05, 3.63) is 63.8 Å². The predicted molar refractivity (Wildman–Crippen MR) is 129 cm³/mol. The highest BCUT2D eigenvalue weighted by Crippen LogP contribution is 2.32. The van der Waals surface area contributed by atoms with Crippen LogP contribution in [0.25, 0.3) is 11.3 Å². The molecule has 0 unspecified atom stereocenters. The van der Waals surface area contributed by atoms with Crippen LogP contribution >= 0.6 is 23.2 Å². The second kappa shape index (κ2) is 10.0. The predicted octanol–water partition coefficient (Wildman–Crippen LogP) is 5.20. The van der Waals surface area contributed by atoms with Crippen molar-refractivity contribution < 1.29 is 24.0 Å². The van der Waals surface area contributed by atoms with E-state index < -0.39 is 11.9 Å². The molecule has 2 N–H and O–H groups in total. The Kier molecular flexibility index (Phi) is 7.11. The van der Waals surface area contributed by atoms with Gasteiger partial charge in [-0.05, 0) is 49.7 Å². The Bertz CT molecular complexity index is 1220. The van der Waals surface area contributed by atoms with E-state index in [4.69, 9.17) is 37.6 Å². The summed E-state index contributed by atoms with van der Waals surface area (Å²) in [6, 6.07) is 12.0. The van der Waals surface area contributed by atoms with E-state index in [0.29, 0.717) is 52.4 Å². The first kappa shape index (κ1) is 24.1. The van der Waals surface area contributed by atoms with Crippen LogP contribution in [0.3, 0.4) is 0 Å². The van der Waals surface area contributed by atoms with Gasteiger partial charge < -0.3 is 19.7 Å². The molecule has 1 saturated heterocycles. The van der Waals surface area contributed by atoms with Crippen molar-refractivity contribution in [1.29, 1.82) is 0 Å². The van der Waals surface area contributed by atoms with E-state index in [1.165, 1.54) is 6.07 Å². The lowest BCUT2D eigenvalue weighted by atomic mass is 9.99. The average molecular weight is 504 g/mol. The third-order valence-corrected chi connectivity index (χ3v) is 5.92. The summed E-state index contributed by atoms with van der Waals surface area (Å²) >= 11 is 12.6. The smallest absolute Gasteiger partial charge is 0.309 e. The van der Waals surface area contributed by atoms with Gasteiger partial charge in [0, 0.05) is 31.3 Å². The quantitative estimate of drug-likeness (QED) is 0.434. The minimum atomic E-state index is -0.774. The highest BCUT2D eigenvalue weighted by atomic mass is 35.5. The van der Waals surface area contributed by atoms with Gasteiger partial charge >= 0.3 is 5.97 Å². The number of benzene rings is 2. The first-order valence-electron chi connectivity index (χ1n) is 10.7. The molecule has 4 rings (SSSR count). The summed E-state index contributed by atoms with van der Waals surface area (Å²) in [7, 11) is 0. The molecule has 0 spiro atoms. The average Bonchev–Trinajstić information content (AvgIpc) is 3.23. The number of anilines is 1. The van der Waals surface area contributed by atoms with Gasteiger partial charge in [-0.25, -0.2) is 0 Å². The fourth-order valence-corrected chi connectivity index (χ4v) is 4.06. The van der Waals surface area contributed by atoms with Crippen molar-refractivity contribution in [3.8, 4) is 17.1 Å². The Morgan fingerprint density at radius 3 is 2.59 bits per heavy atom. The van der Waals surface area contributed by atoms with Crippen LogP contribution in [0.15, 0.2) is 47.0 Å². The molecule has 2 heterocycles. The normalized spacial score (nSPS) is 14.1. The number of amides is 1. The van der Waals surface area contributed by atoms with Gasteiger partial charge in [0.1, 0.15) is 5.75 Å². The van der Waals surface area contributed by atoms with E-state index in [1.54, 1.807) is 30.3 Å². The molecule has 1 fully saturated rings. The fourth-order valence-electron chi connectivity index (χ4n) is 3.58. The zero-order chi connectivity index (χ0) is 24.4. The topological polar surface area (TPSA) is 105 Å². The van der Waals surface area contributed by atoms with Gasteiger partial charge in [-0.2, -0.15) is 0 Å². The van der Waals surface area contributed by atoms with E-state index in [1.807, 2.05) is 24.8 Å².